The molecule has 0 radical (unpaired) electrons. The summed E-state index contributed by atoms with van der Waals surface area (Å²) in [5.41, 5.74) is 5.57. The van der Waals surface area contributed by atoms with Crippen molar-refractivity contribution in [2.24, 2.45) is 17.8 Å². The number of rotatable bonds is 45. The normalized spacial score (nSPS) is 13.7. The van der Waals surface area contributed by atoms with Crippen LogP contribution in [0.5, 0.6) is 17.4 Å². The van der Waals surface area contributed by atoms with E-state index in [1.165, 1.54) is 25.4 Å². The smallest absolute Gasteiger partial charge is 0.330 e. The number of carbonyl (C=O) groups excluding carboxylic acids is 5. The highest BCUT2D eigenvalue weighted by Crippen LogP contribution is 2.51. The molecule has 27 heteroatoms. The largest absolute Gasteiger partial charge is 0.484 e. The minimum Gasteiger partial charge on any atom is -0.484 e. The fourth-order valence-electron chi connectivity index (χ4n) is 10.4. The second kappa shape index (κ2) is 37.6. The molecule has 27 nitrogen and oxygen atoms in total. The second-order valence-electron chi connectivity index (χ2n) is 24.1. The molecule has 510 valence electrons. The molecule has 2 atom stereocenters. The number of anilines is 1. The highest BCUT2D eigenvalue weighted by Gasteiger charge is 2.48. The SMILES string of the molecule is COC(=O)[C@H](COC(C)(C)C)NC(=O)c1ccc(Oc2cccc(OCC(=O)NCCOCCOCCOCCOCCOCCOCc3cn(CCCCCCn4nccc4C(=O)N[C@H](C(=O)Nc4ccc(-c5c(C)n[nH]c5C)cc4)C(C4CC4)C4CC4)nn3)c2)nc1. The Balaban J connectivity index is 0.573. The molecular formula is C67H92N12O15. The monoisotopic (exact) mass is 1300 g/mol. The topological polar surface area (TPSA) is 316 Å². The summed E-state index contributed by atoms with van der Waals surface area (Å²) >= 11 is 0. The van der Waals surface area contributed by atoms with Gasteiger partial charge in [-0.15, -0.1) is 5.10 Å². The number of ether oxygens (including phenoxy) is 10. The van der Waals surface area contributed by atoms with E-state index in [1.54, 1.807) is 41.2 Å². The van der Waals surface area contributed by atoms with Crippen LogP contribution in [0, 0.1) is 31.6 Å². The van der Waals surface area contributed by atoms with Gasteiger partial charge in [0.25, 0.3) is 17.7 Å². The molecule has 2 aromatic carbocycles. The molecule has 0 spiro atoms. The number of aryl methyl sites for hydroxylation is 4. The average Bonchev–Trinajstić information content (AvgIpc) is 1.62. The minimum absolute atomic E-state index is 0.0620. The third-order valence-electron chi connectivity index (χ3n) is 15.4. The van der Waals surface area contributed by atoms with Gasteiger partial charge in [-0.2, -0.15) is 10.2 Å². The lowest BCUT2D eigenvalue weighted by Crippen LogP contribution is -2.50. The number of nitrogens with one attached hydrogen (secondary N) is 5. The number of nitrogens with zero attached hydrogens (tertiary/aromatic N) is 7. The molecule has 8 rings (SSSR count). The molecule has 2 fully saturated rings. The van der Waals surface area contributed by atoms with Crippen molar-refractivity contribution >= 4 is 35.3 Å². The average molecular weight is 1310 g/mol. The summed E-state index contributed by atoms with van der Waals surface area (Å²) in [6.45, 7) is 15.5. The van der Waals surface area contributed by atoms with Crippen molar-refractivity contribution in [3.8, 4) is 28.5 Å². The van der Waals surface area contributed by atoms with Crippen LogP contribution >= 0.6 is 0 Å². The van der Waals surface area contributed by atoms with E-state index in [1.807, 2.05) is 69.8 Å². The molecular weight excluding hydrogens is 1210 g/mol. The highest BCUT2D eigenvalue weighted by atomic mass is 16.6. The van der Waals surface area contributed by atoms with Crippen molar-refractivity contribution in [1.82, 2.24) is 55.9 Å². The molecule has 94 heavy (non-hydrogen) atoms. The zero-order chi connectivity index (χ0) is 66.5. The molecule has 0 unspecified atom stereocenters. The number of amides is 4. The van der Waals surface area contributed by atoms with Gasteiger partial charge >= 0.3 is 5.97 Å². The number of carbonyl (C=O) groups is 5. The summed E-state index contributed by atoms with van der Waals surface area (Å²) in [6.07, 6.45) is 12.9. The maximum atomic E-state index is 14.0. The Hall–Kier alpha value is -8.18. The molecule has 4 amide bonds. The van der Waals surface area contributed by atoms with Crippen LogP contribution in [0.1, 0.15) is 110 Å². The van der Waals surface area contributed by atoms with Crippen molar-refractivity contribution in [2.45, 2.75) is 123 Å². The van der Waals surface area contributed by atoms with Gasteiger partial charge in [0.05, 0.1) is 116 Å². The standard InChI is InChI=1S/C67H92N12O15/c1-46-60(47(2)75-74-46)48-18-21-52(22-19-48)71-65(83)62(61(49-14-15-49)50-16-17-50)73-64(82)57-24-25-70-79(57)28-10-8-7-9-27-78-42-53(76-77-78)43-91-39-38-90-37-36-89-35-34-88-33-32-87-31-30-86-29-26-68-58(80)45-92-54-12-11-13-55(40-54)94-59-23-20-51(41-69-59)63(81)72-56(66(84)85-6)44-93-67(3,4)5/h11-13,18-25,40-42,49-50,56,61-62H,7-10,14-17,26-39,43-45H2,1-6H3,(H,68,80)(H,71,83)(H,72,81)(H,73,82)(H,74,75)/t56-,62-/m0/s1. The Labute approximate surface area is 548 Å². The summed E-state index contributed by atoms with van der Waals surface area (Å²) < 4.78 is 59.1. The van der Waals surface area contributed by atoms with Gasteiger partial charge < -0.3 is 68.6 Å². The molecule has 2 aliphatic rings. The number of benzene rings is 2. The van der Waals surface area contributed by atoms with E-state index in [9.17, 15) is 24.0 Å². The van der Waals surface area contributed by atoms with Crippen LogP contribution in [0.25, 0.3) is 11.1 Å². The molecule has 0 aliphatic heterocycles. The number of hydrogen-bond acceptors (Lipinski definition) is 20. The molecule has 4 heterocycles. The number of aromatic nitrogens is 8. The first-order chi connectivity index (χ1) is 45.6. The first kappa shape index (κ1) is 71.7. The zero-order valence-corrected chi connectivity index (χ0v) is 54.9. The van der Waals surface area contributed by atoms with E-state index in [0.717, 1.165) is 86.1 Å². The van der Waals surface area contributed by atoms with Crippen molar-refractivity contribution in [3.63, 3.8) is 0 Å². The first-order valence-electron chi connectivity index (χ1n) is 32.4. The van der Waals surface area contributed by atoms with Crippen LogP contribution in [-0.4, -0.2) is 187 Å². The maximum absolute atomic E-state index is 14.0. The lowest BCUT2D eigenvalue weighted by molar-refractivity contribution is -0.146. The molecule has 2 saturated carbocycles. The maximum Gasteiger partial charge on any atom is 0.330 e. The minimum atomic E-state index is -1.00. The number of H-pyrrole nitrogens is 1. The van der Waals surface area contributed by atoms with E-state index in [-0.39, 0.29) is 48.3 Å². The number of pyridine rings is 1. The predicted octanol–water partition coefficient (Wildman–Crippen LogP) is 6.98. The zero-order valence-electron chi connectivity index (χ0n) is 54.9. The van der Waals surface area contributed by atoms with E-state index < -0.39 is 29.6 Å². The van der Waals surface area contributed by atoms with E-state index in [4.69, 9.17) is 47.4 Å². The Morgan fingerprint density at radius 3 is 1.99 bits per heavy atom. The molecule has 0 saturated heterocycles. The first-order valence-corrected chi connectivity index (χ1v) is 32.4. The third kappa shape index (κ3) is 24.6. The number of methoxy groups -OCH3 is 1. The van der Waals surface area contributed by atoms with Crippen molar-refractivity contribution in [2.75, 3.05) is 105 Å². The lowest BCUT2D eigenvalue weighted by atomic mass is 9.88. The van der Waals surface area contributed by atoms with Crippen LogP contribution in [0.3, 0.4) is 0 Å². The van der Waals surface area contributed by atoms with Crippen molar-refractivity contribution < 1.29 is 71.3 Å². The van der Waals surface area contributed by atoms with E-state index in [2.05, 4.69) is 51.9 Å². The fourth-order valence-corrected chi connectivity index (χ4v) is 10.4. The van der Waals surface area contributed by atoms with E-state index in [0.29, 0.717) is 127 Å². The molecule has 5 N–H and O–H groups in total. The molecule has 0 bridgehead atoms. The van der Waals surface area contributed by atoms with Crippen LogP contribution in [0.15, 0.2) is 85.3 Å². The molecule has 2 aliphatic carbocycles. The third-order valence-corrected chi connectivity index (χ3v) is 15.4. The van der Waals surface area contributed by atoms with Gasteiger partial charge in [-0.25, -0.2) is 9.78 Å². The van der Waals surface area contributed by atoms with E-state index >= 15 is 0 Å². The summed E-state index contributed by atoms with van der Waals surface area (Å²) in [4.78, 5) is 69.6. The van der Waals surface area contributed by atoms with Crippen molar-refractivity contribution in [3.05, 3.63) is 114 Å². The van der Waals surface area contributed by atoms with Gasteiger partial charge in [-0.05, 0) is 133 Å². The lowest BCUT2D eigenvalue weighted by Gasteiger charge is -2.27. The Bertz CT molecular complexity index is 3260. The van der Waals surface area contributed by atoms with Crippen LogP contribution < -0.4 is 30.7 Å². The quantitative estimate of drug-likeness (QED) is 0.0190. The summed E-state index contributed by atoms with van der Waals surface area (Å²) in [7, 11) is 1.24. The molecule has 4 aromatic heterocycles. The number of hydrogen-bond donors (Lipinski definition) is 5. The highest BCUT2D eigenvalue weighted by molar-refractivity contribution is 6.01. The fraction of sp³-hybridized carbons (Fsp3) is 0.552. The number of esters is 1. The van der Waals surface area contributed by atoms with Crippen LogP contribution in [-0.2, 0) is 72.0 Å². The Kier molecular flexibility index (Phi) is 28.7. The number of unbranched alkanes of at least 4 members (excludes halogenated alkanes) is 3. The van der Waals surface area contributed by atoms with Gasteiger partial charge in [0.15, 0.2) is 12.6 Å². The summed E-state index contributed by atoms with van der Waals surface area (Å²) in [5, 5.41) is 32.0. The predicted molar refractivity (Wildman–Crippen MR) is 345 cm³/mol. The van der Waals surface area contributed by atoms with Gasteiger partial charge in [0.1, 0.15) is 28.9 Å². The molecule has 6 aromatic rings. The Morgan fingerprint density at radius 1 is 0.723 bits per heavy atom. The van der Waals surface area contributed by atoms with Gasteiger partial charge in [-0.3, -0.25) is 33.6 Å². The van der Waals surface area contributed by atoms with Gasteiger partial charge in [-0.1, -0.05) is 36.3 Å². The summed E-state index contributed by atoms with van der Waals surface area (Å²) in [5.74, 6) is 0.0441. The summed E-state index contributed by atoms with van der Waals surface area (Å²) in [6, 6.07) is 17.6. The second-order valence-corrected chi connectivity index (χ2v) is 24.1. The van der Waals surface area contributed by atoms with Gasteiger partial charge in [0.2, 0.25) is 11.8 Å². The Morgan fingerprint density at radius 2 is 1.37 bits per heavy atom. The van der Waals surface area contributed by atoms with Gasteiger partial charge in [0, 0.05) is 61.1 Å². The van der Waals surface area contributed by atoms with Crippen molar-refractivity contribution in [1.29, 1.82) is 0 Å². The number of aromatic amines is 1. The van der Waals surface area contributed by atoms with Crippen LogP contribution in [0.4, 0.5) is 5.69 Å². The van der Waals surface area contributed by atoms with Crippen LogP contribution in [0.2, 0.25) is 0 Å².